The topological polar surface area (TPSA) is 46.9 Å². The lowest BCUT2D eigenvalue weighted by Crippen LogP contribution is -2.23. The Balaban J connectivity index is 1.72. The molecule has 3 rings (SSSR count). The minimum atomic E-state index is -4.37. The van der Waals surface area contributed by atoms with E-state index in [1.165, 1.54) is 23.5 Å². The molecule has 0 atom stereocenters. The van der Waals surface area contributed by atoms with E-state index in [9.17, 15) is 18.0 Å². The van der Waals surface area contributed by atoms with Crippen LogP contribution >= 0.6 is 11.3 Å². The van der Waals surface area contributed by atoms with E-state index in [1.807, 2.05) is 23.8 Å². The Morgan fingerprint density at radius 1 is 1.23 bits per heavy atom. The van der Waals surface area contributed by atoms with Gasteiger partial charge in [0.15, 0.2) is 5.13 Å². The second kappa shape index (κ2) is 6.95. The Kier molecular flexibility index (Phi) is 4.86. The summed E-state index contributed by atoms with van der Waals surface area (Å²) in [5.41, 5.74) is 2.06. The highest BCUT2D eigenvalue weighted by atomic mass is 32.1. The monoisotopic (exact) mass is 379 g/mol. The Morgan fingerprint density at radius 2 is 1.92 bits per heavy atom. The number of hydrogen-bond donors (Lipinski definition) is 1. The molecule has 0 spiro atoms. The first-order valence-corrected chi connectivity index (χ1v) is 8.68. The summed E-state index contributed by atoms with van der Waals surface area (Å²) in [6.45, 7) is 3.88. The number of thiazole rings is 1. The molecular weight excluding hydrogens is 363 g/mol. The van der Waals surface area contributed by atoms with Crippen molar-refractivity contribution in [1.82, 2.24) is 14.9 Å². The van der Waals surface area contributed by atoms with Gasteiger partial charge in [-0.15, -0.1) is 11.3 Å². The molecule has 2 heterocycles. The lowest BCUT2D eigenvalue weighted by molar-refractivity contribution is -0.137. The molecule has 2 aromatic heterocycles. The summed E-state index contributed by atoms with van der Waals surface area (Å²) in [4.78, 5) is 16.7. The molecule has 0 aliphatic carbocycles. The van der Waals surface area contributed by atoms with Gasteiger partial charge in [-0.1, -0.05) is 12.1 Å². The van der Waals surface area contributed by atoms with Crippen molar-refractivity contribution in [2.24, 2.45) is 0 Å². The lowest BCUT2D eigenvalue weighted by atomic mass is 10.1. The van der Waals surface area contributed by atoms with E-state index in [4.69, 9.17) is 0 Å². The molecule has 136 valence electrons. The molecule has 3 aromatic rings. The molecular formula is C18H16F3N3OS. The summed E-state index contributed by atoms with van der Waals surface area (Å²) in [6, 6.07) is 6.52. The number of nitrogens with one attached hydrogen (secondary N) is 1. The zero-order valence-corrected chi connectivity index (χ0v) is 14.9. The molecule has 0 bridgehead atoms. The Bertz CT molecular complexity index is 913. The first kappa shape index (κ1) is 18.2. The number of rotatable bonds is 4. The van der Waals surface area contributed by atoms with Crippen LogP contribution in [-0.2, 0) is 12.7 Å². The zero-order chi connectivity index (χ0) is 18.9. The van der Waals surface area contributed by atoms with Crippen LogP contribution in [0.4, 0.5) is 13.2 Å². The van der Waals surface area contributed by atoms with Gasteiger partial charge >= 0.3 is 6.18 Å². The largest absolute Gasteiger partial charge is 0.416 e. The molecule has 1 aromatic carbocycles. The smallest absolute Gasteiger partial charge is 0.348 e. The molecule has 8 heteroatoms. The Hall–Kier alpha value is -2.61. The van der Waals surface area contributed by atoms with Crippen molar-refractivity contribution < 1.29 is 18.0 Å². The SMILES string of the molecule is Cc1cc(C(=O)NCc2ccc(C(F)(F)F)cc2)c(C)n1-c1nccs1. The Labute approximate surface area is 152 Å². The highest BCUT2D eigenvalue weighted by Crippen LogP contribution is 2.29. The van der Waals surface area contributed by atoms with Crippen molar-refractivity contribution in [1.29, 1.82) is 0 Å². The zero-order valence-electron chi connectivity index (χ0n) is 14.1. The van der Waals surface area contributed by atoms with Crippen molar-refractivity contribution in [3.05, 3.63) is 70.0 Å². The van der Waals surface area contributed by atoms with E-state index in [2.05, 4.69) is 10.3 Å². The Morgan fingerprint density at radius 3 is 2.50 bits per heavy atom. The third kappa shape index (κ3) is 3.65. The number of halogens is 3. The minimum absolute atomic E-state index is 0.151. The van der Waals surface area contributed by atoms with Crippen LogP contribution in [-0.4, -0.2) is 15.5 Å². The summed E-state index contributed by atoms with van der Waals surface area (Å²) < 4.78 is 39.6. The van der Waals surface area contributed by atoms with Gasteiger partial charge in [-0.05, 0) is 37.6 Å². The van der Waals surface area contributed by atoms with E-state index in [1.54, 1.807) is 12.3 Å². The fraction of sp³-hybridized carbons (Fsp3) is 0.222. The highest BCUT2D eigenvalue weighted by molar-refractivity contribution is 7.12. The van der Waals surface area contributed by atoms with E-state index >= 15 is 0 Å². The van der Waals surface area contributed by atoms with Crippen LogP contribution in [0, 0.1) is 13.8 Å². The van der Waals surface area contributed by atoms with E-state index in [0.717, 1.165) is 28.7 Å². The number of aromatic nitrogens is 2. The molecule has 26 heavy (non-hydrogen) atoms. The molecule has 0 unspecified atom stereocenters. The minimum Gasteiger partial charge on any atom is -0.348 e. The number of aryl methyl sites for hydroxylation is 1. The standard InChI is InChI=1S/C18H16F3N3OS/c1-11-9-15(12(2)24(11)17-22-7-8-26-17)16(25)23-10-13-3-5-14(6-4-13)18(19,20)21/h3-9H,10H2,1-2H3,(H,23,25). The number of hydrogen-bond acceptors (Lipinski definition) is 3. The molecule has 0 aliphatic heterocycles. The number of carbonyl (C=O) groups excluding carboxylic acids is 1. The van der Waals surface area contributed by atoms with Gasteiger partial charge in [-0.2, -0.15) is 13.2 Å². The van der Waals surface area contributed by atoms with Crippen molar-refractivity contribution in [2.45, 2.75) is 26.6 Å². The molecule has 0 fully saturated rings. The first-order chi connectivity index (χ1) is 12.3. The number of carbonyl (C=O) groups is 1. The van der Waals surface area contributed by atoms with Gasteiger partial charge in [0.05, 0.1) is 11.1 Å². The second-order valence-corrected chi connectivity index (χ2v) is 6.69. The summed E-state index contributed by atoms with van der Waals surface area (Å²) in [7, 11) is 0. The van der Waals surface area contributed by atoms with Gasteiger partial charge in [-0.25, -0.2) is 4.98 Å². The van der Waals surface area contributed by atoms with Crippen LogP contribution in [0.5, 0.6) is 0 Å². The maximum atomic E-state index is 12.6. The van der Waals surface area contributed by atoms with Gasteiger partial charge in [-0.3, -0.25) is 9.36 Å². The molecule has 0 aliphatic rings. The molecule has 0 radical (unpaired) electrons. The maximum absolute atomic E-state index is 12.6. The molecule has 0 saturated heterocycles. The van der Waals surface area contributed by atoms with E-state index in [-0.39, 0.29) is 12.5 Å². The normalized spacial score (nSPS) is 11.6. The fourth-order valence-electron chi connectivity index (χ4n) is 2.70. The average Bonchev–Trinajstić information content (AvgIpc) is 3.20. The second-order valence-electron chi connectivity index (χ2n) is 5.81. The van der Waals surface area contributed by atoms with Crippen LogP contribution in [0.1, 0.15) is 32.9 Å². The number of alkyl halides is 3. The molecule has 0 saturated carbocycles. The van der Waals surface area contributed by atoms with Gasteiger partial charge in [0.25, 0.3) is 5.91 Å². The van der Waals surface area contributed by atoms with Crippen molar-refractivity contribution in [3.63, 3.8) is 0 Å². The molecule has 1 N–H and O–H groups in total. The van der Waals surface area contributed by atoms with Gasteiger partial charge in [0.1, 0.15) is 0 Å². The number of nitrogens with zero attached hydrogens (tertiary/aromatic N) is 2. The quantitative estimate of drug-likeness (QED) is 0.726. The number of benzene rings is 1. The third-order valence-electron chi connectivity index (χ3n) is 4.02. The van der Waals surface area contributed by atoms with Gasteiger partial charge in [0, 0.05) is 29.5 Å². The van der Waals surface area contributed by atoms with Crippen molar-refractivity contribution in [2.75, 3.05) is 0 Å². The van der Waals surface area contributed by atoms with Crippen molar-refractivity contribution >= 4 is 17.2 Å². The molecule has 4 nitrogen and oxygen atoms in total. The van der Waals surface area contributed by atoms with Crippen LogP contribution < -0.4 is 5.32 Å². The van der Waals surface area contributed by atoms with Crippen LogP contribution in [0.25, 0.3) is 5.13 Å². The van der Waals surface area contributed by atoms with Gasteiger partial charge in [0.2, 0.25) is 0 Å². The van der Waals surface area contributed by atoms with Gasteiger partial charge < -0.3 is 5.32 Å². The number of amides is 1. The summed E-state index contributed by atoms with van der Waals surface area (Å²) in [6.07, 6.45) is -2.67. The fourth-order valence-corrected chi connectivity index (χ4v) is 3.45. The predicted octanol–water partition coefficient (Wildman–Crippen LogP) is 4.50. The van der Waals surface area contributed by atoms with Crippen molar-refractivity contribution in [3.8, 4) is 5.13 Å². The van der Waals surface area contributed by atoms with E-state index < -0.39 is 11.7 Å². The summed E-state index contributed by atoms with van der Waals surface area (Å²) in [5, 5.41) is 5.39. The first-order valence-electron chi connectivity index (χ1n) is 7.80. The maximum Gasteiger partial charge on any atom is 0.416 e. The van der Waals surface area contributed by atoms with Crippen LogP contribution in [0.15, 0.2) is 41.9 Å². The lowest BCUT2D eigenvalue weighted by Gasteiger charge is -2.09. The highest BCUT2D eigenvalue weighted by Gasteiger charge is 2.29. The average molecular weight is 379 g/mol. The molecule has 1 amide bonds. The predicted molar refractivity (Wildman–Crippen MR) is 93.5 cm³/mol. The van der Waals surface area contributed by atoms with Crippen LogP contribution in [0.2, 0.25) is 0 Å². The summed E-state index contributed by atoms with van der Waals surface area (Å²) in [5.74, 6) is -0.277. The summed E-state index contributed by atoms with van der Waals surface area (Å²) >= 11 is 1.47. The van der Waals surface area contributed by atoms with Crippen LogP contribution in [0.3, 0.4) is 0 Å². The van der Waals surface area contributed by atoms with E-state index in [0.29, 0.717) is 11.1 Å². The third-order valence-corrected chi connectivity index (χ3v) is 4.78.